The van der Waals surface area contributed by atoms with Gasteiger partial charge in [0.1, 0.15) is 17.6 Å². The molecule has 0 saturated heterocycles. The standard InChI is InChI=1S/C20H19N3O2/c1-4-13-5-7-17-16(9-13)20(14(11-21)12-22-17)23-18-8-6-15(24-2)10-19(18)25-3/h5-10,12H,4H2,1-3H3,(H,22,23). The zero-order valence-electron chi connectivity index (χ0n) is 14.5. The Morgan fingerprint density at radius 1 is 1.12 bits per heavy atom. The number of nitrogens with one attached hydrogen (secondary N) is 1. The van der Waals surface area contributed by atoms with E-state index in [1.807, 2.05) is 18.2 Å². The molecule has 0 aliphatic heterocycles. The normalized spacial score (nSPS) is 10.3. The van der Waals surface area contributed by atoms with E-state index < -0.39 is 0 Å². The van der Waals surface area contributed by atoms with Crippen LogP contribution in [-0.4, -0.2) is 19.2 Å². The largest absolute Gasteiger partial charge is 0.497 e. The van der Waals surface area contributed by atoms with E-state index in [2.05, 4.69) is 35.4 Å². The van der Waals surface area contributed by atoms with Crippen molar-refractivity contribution in [1.82, 2.24) is 4.98 Å². The number of aryl methyl sites for hydroxylation is 1. The smallest absolute Gasteiger partial charge is 0.145 e. The Morgan fingerprint density at radius 3 is 2.64 bits per heavy atom. The lowest BCUT2D eigenvalue weighted by Crippen LogP contribution is -2.00. The first-order valence-electron chi connectivity index (χ1n) is 8.01. The molecule has 0 bridgehead atoms. The third kappa shape index (κ3) is 3.20. The summed E-state index contributed by atoms with van der Waals surface area (Å²) in [5.74, 6) is 1.34. The number of aromatic nitrogens is 1. The summed E-state index contributed by atoms with van der Waals surface area (Å²) in [6.45, 7) is 2.10. The molecule has 126 valence electrons. The van der Waals surface area contributed by atoms with Crippen LogP contribution in [-0.2, 0) is 6.42 Å². The molecule has 5 heteroatoms. The lowest BCUT2D eigenvalue weighted by molar-refractivity contribution is 0.395. The first-order valence-corrected chi connectivity index (χ1v) is 8.01. The zero-order valence-corrected chi connectivity index (χ0v) is 14.5. The number of hydrogen-bond donors (Lipinski definition) is 1. The molecule has 0 fully saturated rings. The number of methoxy groups -OCH3 is 2. The Morgan fingerprint density at radius 2 is 1.96 bits per heavy atom. The number of nitrogens with zero attached hydrogens (tertiary/aromatic N) is 2. The molecule has 2 aromatic carbocycles. The van der Waals surface area contributed by atoms with Crippen molar-refractivity contribution in [3.8, 4) is 17.6 Å². The van der Waals surface area contributed by atoms with Crippen LogP contribution in [0.2, 0.25) is 0 Å². The molecular formula is C20H19N3O2. The molecule has 1 heterocycles. The molecule has 0 aliphatic rings. The predicted molar refractivity (Wildman–Crippen MR) is 98.7 cm³/mol. The number of rotatable bonds is 5. The minimum atomic E-state index is 0.485. The molecule has 1 aromatic heterocycles. The summed E-state index contributed by atoms with van der Waals surface area (Å²) in [5.41, 5.74) is 4.00. The molecule has 0 aliphatic carbocycles. The molecule has 1 N–H and O–H groups in total. The van der Waals surface area contributed by atoms with E-state index in [0.717, 1.165) is 28.7 Å². The monoisotopic (exact) mass is 333 g/mol. The lowest BCUT2D eigenvalue weighted by atomic mass is 10.0. The van der Waals surface area contributed by atoms with E-state index >= 15 is 0 Å². The fraction of sp³-hybridized carbons (Fsp3) is 0.200. The molecule has 0 atom stereocenters. The highest BCUT2D eigenvalue weighted by Crippen LogP contribution is 2.35. The van der Waals surface area contributed by atoms with Crippen molar-refractivity contribution in [2.24, 2.45) is 0 Å². The zero-order chi connectivity index (χ0) is 17.8. The van der Waals surface area contributed by atoms with E-state index in [9.17, 15) is 5.26 Å². The van der Waals surface area contributed by atoms with E-state index in [1.54, 1.807) is 26.5 Å². The minimum absolute atomic E-state index is 0.485. The Labute approximate surface area is 146 Å². The Balaban J connectivity index is 2.16. The van der Waals surface area contributed by atoms with Crippen molar-refractivity contribution in [3.05, 3.63) is 53.7 Å². The first kappa shape index (κ1) is 16.6. The number of nitriles is 1. The highest BCUT2D eigenvalue weighted by atomic mass is 16.5. The van der Waals surface area contributed by atoms with E-state index in [0.29, 0.717) is 17.1 Å². The van der Waals surface area contributed by atoms with Gasteiger partial charge in [0.15, 0.2) is 0 Å². The second-order valence-electron chi connectivity index (χ2n) is 5.55. The van der Waals surface area contributed by atoms with Gasteiger partial charge in [0.2, 0.25) is 0 Å². The van der Waals surface area contributed by atoms with Crippen LogP contribution in [0.15, 0.2) is 42.6 Å². The van der Waals surface area contributed by atoms with Gasteiger partial charge in [-0.05, 0) is 36.2 Å². The van der Waals surface area contributed by atoms with E-state index in [4.69, 9.17) is 9.47 Å². The molecule has 5 nitrogen and oxygen atoms in total. The predicted octanol–water partition coefficient (Wildman–Crippen LogP) is 4.43. The molecule has 0 unspecified atom stereocenters. The van der Waals surface area contributed by atoms with Gasteiger partial charge < -0.3 is 14.8 Å². The van der Waals surface area contributed by atoms with Crippen molar-refractivity contribution in [2.75, 3.05) is 19.5 Å². The highest BCUT2D eigenvalue weighted by molar-refractivity contribution is 5.96. The molecule has 3 rings (SSSR count). The summed E-state index contributed by atoms with van der Waals surface area (Å²) in [5, 5.41) is 13.8. The minimum Gasteiger partial charge on any atom is -0.497 e. The number of hydrogen-bond acceptors (Lipinski definition) is 5. The van der Waals surface area contributed by atoms with Gasteiger partial charge in [-0.25, -0.2) is 0 Å². The van der Waals surface area contributed by atoms with Crippen molar-refractivity contribution in [3.63, 3.8) is 0 Å². The second kappa shape index (κ2) is 7.10. The number of fused-ring (bicyclic) bond motifs is 1. The topological polar surface area (TPSA) is 67.2 Å². The molecular weight excluding hydrogens is 314 g/mol. The van der Waals surface area contributed by atoms with Gasteiger partial charge in [-0.1, -0.05) is 13.0 Å². The maximum absolute atomic E-state index is 9.51. The molecule has 0 saturated carbocycles. The van der Waals surface area contributed by atoms with Gasteiger partial charge in [-0.3, -0.25) is 4.98 Å². The molecule has 3 aromatic rings. The van der Waals surface area contributed by atoms with E-state index in [1.165, 1.54) is 5.56 Å². The maximum Gasteiger partial charge on any atom is 0.145 e. The highest BCUT2D eigenvalue weighted by Gasteiger charge is 2.13. The first-order chi connectivity index (χ1) is 12.2. The number of anilines is 2. The quantitative estimate of drug-likeness (QED) is 0.748. The van der Waals surface area contributed by atoms with Crippen LogP contribution < -0.4 is 14.8 Å². The van der Waals surface area contributed by atoms with E-state index in [-0.39, 0.29) is 0 Å². The summed E-state index contributed by atoms with van der Waals surface area (Å²) in [6.07, 6.45) is 2.50. The molecule has 25 heavy (non-hydrogen) atoms. The average Bonchev–Trinajstić information content (AvgIpc) is 2.67. The third-order valence-corrected chi connectivity index (χ3v) is 4.13. The summed E-state index contributed by atoms with van der Waals surface area (Å²) >= 11 is 0. The van der Waals surface area contributed by atoms with Crippen molar-refractivity contribution in [2.45, 2.75) is 13.3 Å². The number of benzene rings is 2. The summed E-state index contributed by atoms with van der Waals surface area (Å²) in [7, 11) is 3.21. The van der Waals surface area contributed by atoms with Gasteiger partial charge in [-0.2, -0.15) is 5.26 Å². The third-order valence-electron chi connectivity index (χ3n) is 4.13. The van der Waals surface area contributed by atoms with Crippen LogP contribution in [0.4, 0.5) is 11.4 Å². The Bertz CT molecular complexity index is 961. The Hall–Kier alpha value is -3.26. The second-order valence-corrected chi connectivity index (χ2v) is 5.55. The van der Waals surface area contributed by atoms with Gasteiger partial charge in [-0.15, -0.1) is 0 Å². The van der Waals surface area contributed by atoms with Gasteiger partial charge >= 0.3 is 0 Å². The Kier molecular flexibility index (Phi) is 4.71. The van der Waals surface area contributed by atoms with Crippen LogP contribution in [0.25, 0.3) is 10.9 Å². The SMILES string of the molecule is CCc1ccc2ncc(C#N)c(Nc3ccc(OC)cc3OC)c2c1. The fourth-order valence-corrected chi connectivity index (χ4v) is 2.72. The van der Waals surface area contributed by atoms with Crippen LogP contribution in [0.3, 0.4) is 0 Å². The molecule has 0 spiro atoms. The lowest BCUT2D eigenvalue weighted by Gasteiger charge is -2.15. The average molecular weight is 333 g/mol. The number of ether oxygens (including phenoxy) is 2. The molecule has 0 amide bonds. The summed E-state index contributed by atoms with van der Waals surface area (Å²) < 4.78 is 10.7. The van der Waals surface area contributed by atoms with Crippen molar-refractivity contribution in [1.29, 1.82) is 5.26 Å². The van der Waals surface area contributed by atoms with Gasteiger partial charge in [0.05, 0.1) is 36.7 Å². The van der Waals surface area contributed by atoms with Gasteiger partial charge in [0.25, 0.3) is 0 Å². The van der Waals surface area contributed by atoms with Crippen LogP contribution in [0.5, 0.6) is 11.5 Å². The van der Waals surface area contributed by atoms with Crippen LogP contribution in [0.1, 0.15) is 18.1 Å². The molecule has 0 radical (unpaired) electrons. The van der Waals surface area contributed by atoms with Gasteiger partial charge in [0, 0.05) is 17.6 Å². The fourth-order valence-electron chi connectivity index (χ4n) is 2.72. The maximum atomic E-state index is 9.51. The van der Waals surface area contributed by atoms with Crippen LogP contribution >= 0.6 is 0 Å². The summed E-state index contributed by atoms with van der Waals surface area (Å²) in [4.78, 5) is 4.39. The number of pyridine rings is 1. The summed E-state index contributed by atoms with van der Waals surface area (Å²) in [6, 6.07) is 13.8. The van der Waals surface area contributed by atoms with Crippen molar-refractivity contribution < 1.29 is 9.47 Å². The van der Waals surface area contributed by atoms with Crippen LogP contribution in [0, 0.1) is 11.3 Å². The van der Waals surface area contributed by atoms with Crippen molar-refractivity contribution >= 4 is 22.3 Å².